The zero-order valence-corrected chi connectivity index (χ0v) is 16.3. The molecule has 0 heterocycles. The molecule has 0 saturated carbocycles. The third-order valence-electron chi connectivity index (χ3n) is 5.33. The van der Waals surface area contributed by atoms with Crippen molar-refractivity contribution >= 4 is 0 Å². The molecule has 0 aromatic heterocycles. The van der Waals surface area contributed by atoms with E-state index in [2.05, 4.69) is 77.9 Å². The van der Waals surface area contributed by atoms with Crippen molar-refractivity contribution in [2.75, 3.05) is 0 Å². The molecule has 0 aliphatic heterocycles. The largest absolute Gasteiger partial charge is 0.0776 e. The molecule has 4 aliphatic carbocycles. The summed E-state index contributed by atoms with van der Waals surface area (Å²) in [5.74, 6) is 0. The average molecular weight is 337 g/mol. The quantitative estimate of drug-likeness (QED) is 0.496. The van der Waals surface area contributed by atoms with Gasteiger partial charge in [-0.3, -0.25) is 0 Å². The maximum absolute atomic E-state index is 2.53. The molecule has 25 heavy (non-hydrogen) atoms. The molecule has 0 heteroatoms. The minimum absolute atomic E-state index is 0. The fourth-order valence-corrected chi connectivity index (χ4v) is 3.93. The Hall–Kier alpha value is -1.56. The first-order valence-electron chi connectivity index (χ1n) is 9.39. The first-order valence-corrected chi connectivity index (χ1v) is 9.39. The predicted molar refractivity (Wildman–Crippen MR) is 112 cm³/mol. The van der Waals surface area contributed by atoms with Gasteiger partial charge in [0.15, 0.2) is 0 Å². The van der Waals surface area contributed by atoms with Crippen LogP contribution in [-0.4, -0.2) is 0 Å². The zero-order valence-electron chi connectivity index (χ0n) is 16.3. The lowest BCUT2D eigenvalue weighted by Gasteiger charge is -2.30. The Morgan fingerprint density at radius 2 is 0.880 bits per heavy atom. The Bertz CT molecular complexity index is 654. The molecule has 0 spiro atoms. The molecule has 0 amide bonds. The second kappa shape index (κ2) is 6.98. The van der Waals surface area contributed by atoms with E-state index in [4.69, 9.17) is 0 Å². The van der Waals surface area contributed by atoms with Crippen LogP contribution < -0.4 is 0 Å². The smallest absolute Gasteiger partial charge is 0.0129 e. The van der Waals surface area contributed by atoms with E-state index in [1.165, 1.54) is 11.1 Å². The summed E-state index contributed by atoms with van der Waals surface area (Å²) in [6, 6.07) is 14.4. The highest BCUT2D eigenvalue weighted by atomic mass is 14.3. The summed E-state index contributed by atoms with van der Waals surface area (Å²) in [5.41, 5.74) is 9.49. The van der Waals surface area contributed by atoms with Crippen molar-refractivity contribution in [2.24, 2.45) is 0 Å². The average Bonchev–Trinajstić information content (AvgIpc) is 2.47. The third-order valence-corrected chi connectivity index (χ3v) is 5.33. The Morgan fingerprint density at radius 3 is 1.16 bits per heavy atom. The number of aryl methyl sites for hydroxylation is 4. The topological polar surface area (TPSA) is 0 Å². The summed E-state index contributed by atoms with van der Waals surface area (Å²) >= 11 is 0. The summed E-state index contributed by atoms with van der Waals surface area (Å²) < 4.78 is 0. The Kier molecular flexibility index (Phi) is 5.52. The molecule has 2 aromatic rings. The molecular weight excluding hydrogens is 300 g/mol. The van der Waals surface area contributed by atoms with Gasteiger partial charge in [-0.15, -0.1) is 0 Å². The van der Waals surface area contributed by atoms with Crippen LogP contribution in [0.2, 0.25) is 0 Å². The van der Waals surface area contributed by atoms with E-state index in [-0.39, 0.29) is 18.3 Å². The van der Waals surface area contributed by atoms with Gasteiger partial charge in [0.1, 0.15) is 0 Å². The molecule has 0 radical (unpaired) electrons. The number of benzene rings is 2. The van der Waals surface area contributed by atoms with Crippen molar-refractivity contribution in [3.8, 4) is 0 Å². The van der Waals surface area contributed by atoms with Crippen LogP contribution in [0.25, 0.3) is 0 Å². The number of rotatable bonds is 0. The maximum atomic E-state index is 2.53. The van der Waals surface area contributed by atoms with E-state index in [0.29, 0.717) is 0 Å². The minimum atomic E-state index is 0. The van der Waals surface area contributed by atoms with Gasteiger partial charge in [0.25, 0.3) is 0 Å². The third kappa shape index (κ3) is 4.35. The second-order valence-corrected chi connectivity index (χ2v) is 9.48. The fraction of sp³-hybridized carbons (Fsp3) is 0.520. The van der Waals surface area contributed by atoms with Crippen LogP contribution in [0, 0.1) is 0 Å². The van der Waals surface area contributed by atoms with Crippen molar-refractivity contribution in [1.82, 2.24) is 0 Å². The van der Waals surface area contributed by atoms with Crippen LogP contribution >= 0.6 is 0 Å². The van der Waals surface area contributed by atoms with Crippen molar-refractivity contribution in [1.29, 1.82) is 0 Å². The van der Waals surface area contributed by atoms with Gasteiger partial charge in [0.2, 0.25) is 0 Å². The molecule has 136 valence electrons. The van der Waals surface area contributed by atoms with Gasteiger partial charge in [-0.1, -0.05) is 85.4 Å². The summed E-state index contributed by atoms with van der Waals surface area (Å²) in [6.45, 7) is 14.1. The lowest BCUT2D eigenvalue weighted by molar-refractivity contribution is 0.562. The zero-order chi connectivity index (χ0) is 17.5. The molecule has 2 aromatic carbocycles. The van der Waals surface area contributed by atoms with Crippen LogP contribution in [0.3, 0.4) is 0 Å². The van der Waals surface area contributed by atoms with E-state index < -0.39 is 0 Å². The summed E-state index contributed by atoms with van der Waals surface area (Å²) in [7, 11) is 0. The fourth-order valence-electron chi connectivity index (χ4n) is 3.93. The Balaban J connectivity index is 0.00000225. The van der Waals surface area contributed by atoms with E-state index in [1.807, 2.05) is 0 Å². The van der Waals surface area contributed by atoms with E-state index in [1.54, 1.807) is 22.3 Å². The molecule has 0 saturated heterocycles. The monoisotopic (exact) mass is 336 g/mol. The van der Waals surface area contributed by atoms with Gasteiger partial charge >= 0.3 is 0 Å². The van der Waals surface area contributed by atoms with Crippen molar-refractivity contribution in [2.45, 2.75) is 85.5 Å². The molecule has 4 aliphatic rings. The van der Waals surface area contributed by atoms with Crippen LogP contribution in [-0.2, 0) is 36.5 Å². The normalized spacial score (nSPS) is 14.6. The van der Waals surface area contributed by atoms with E-state index in [9.17, 15) is 0 Å². The van der Waals surface area contributed by atoms with Crippen molar-refractivity contribution in [3.05, 3.63) is 69.8 Å². The molecular formula is C25H36. The molecule has 6 rings (SSSR count). The van der Waals surface area contributed by atoms with Gasteiger partial charge < -0.3 is 0 Å². The molecule has 0 N–H and O–H groups in total. The second-order valence-electron chi connectivity index (χ2n) is 9.48. The highest BCUT2D eigenvalue weighted by Gasteiger charge is 2.25. The molecule has 0 unspecified atom stereocenters. The molecule has 0 fully saturated rings. The molecule has 0 nitrogen and oxygen atoms in total. The summed E-state index contributed by atoms with van der Waals surface area (Å²) in [5, 5.41) is 0. The highest BCUT2D eigenvalue weighted by Crippen LogP contribution is 2.35. The maximum Gasteiger partial charge on any atom is -0.0129 e. The van der Waals surface area contributed by atoms with E-state index >= 15 is 0 Å². The molecule has 4 bridgehead atoms. The van der Waals surface area contributed by atoms with Gasteiger partial charge in [-0.2, -0.15) is 0 Å². The lowest BCUT2D eigenvalue weighted by Crippen LogP contribution is -2.21. The van der Waals surface area contributed by atoms with Gasteiger partial charge in [-0.25, -0.2) is 0 Å². The Labute approximate surface area is 155 Å². The van der Waals surface area contributed by atoms with Gasteiger partial charge in [0.05, 0.1) is 0 Å². The Morgan fingerprint density at radius 1 is 0.560 bits per heavy atom. The van der Waals surface area contributed by atoms with Gasteiger partial charge in [-0.05, 0) is 69.9 Å². The van der Waals surface area contributed by atoms with Crippen molar-refractivity contribution in [3.63, 3.8) is 0 Å². The minimum Gasteiger partial charge on any atom is -0.0776 e. The van der Waals surface area contributed by atoms with E-state index in [0.717, 1.165) is 25.7 Å². The van der Waals surface area contributed by atoms with Crippen LogP contribution in [0.1, 0.15) is 82.3 Å². The number of hydrogen-bond acceptors (Lipinski definition) is 0. The first-order chi connectivity index (χ1) is 11.1. The standard InChI is InChI=1S/C24H32.CH4/c1-23(2,3)21-15-20-14-12-18-9-7-17(8-10-18)11-13-19(21)16-22(20)24(4,5)6;/h7-10,15-16H,11-14H2,1-6H3;1H4. The predicted octanol–water partition coefficient (Wildman–Crippen LogP) is 6.80. The van der Waals surface area contributed by atoms with Crippen LogP contribution in [0.15, 0.2) is 36.4 Å². The SMILES string of the molecule is C.CC(C)(C)c1cc2c(C(C)(C)C)cc1CCc1ccc(cc1)CC2. The van der Waals surface area contributed by atoms with Crippen LogP contribution in [0.5, 0.6) is 0 Å². The van der Waals surface area contributed by atoms with Crippen LogP contribution in [0.4, 0.5) is 0 Å². The van der Waals surface area contributed by atoms with Gasteiger partial charge in [0, 0.05) is 0 Å². The highest BCUT2D eigenvalue weighted by molar-refractivity contribution is 5.46. The number of hydrogen-bond donors (Lipinski definition) is 0. The first kappa shape index (κ1) is 19.8. The molecule has 0 atom stereocenters. The summed E-state index contributed by atoms with van der Waals surface area (Å²) in [6.07, 6.45) is 4.53. The van der Waals surface area contributed by atoms with Crippen molar-refractivity contribution < 1.29 is 0 Å². The summed E-state index contributed by atoms with van der Waals surface area (Å²) in [4.78, 5) is 0. The lowest BCUT2D eigenvalue weighted by atomic mass is 9.75.